The lowest BCUT2D eigenvalue weighted by Crippen LogP contribution is -2.41. The molecule has 2 aromatic carbocycles. The second-order valence-corrected chi connectivity index (χ2v) is 9.89. The number of hydrogen-bond donors (Lipinski definition) is 2. The summed E-state index contributed by atoms with van der Waals surface area (Å²) in [5.41, 5.74) is 1.68. The number of hydrogen-bond acceptors (Lipinski definition) is 6. The first kappa shape index (κ1) is 22.3. The van der Waals surface area contributed by atoms with E-state index in [0.29, 0.717) is 40.8 Å². The number of nitrogens with one attached hydrogen (secondary N) is 1. The van der Waals surface area contributed by atoms with E-state index in [4.69, 9.17) is 9.15 Å². The van der Waals surface area contributed by atoms with Crippen molar-refractivity contribution >= 4 is 49.5 Å². The Morgan fingerprint density at radius 3 is 2.62 bits per heavy atom. The number of carbonyl (C=O) groups is 2. The first-order valence-electron chi connectivity index (χ1n) is 10.3. The summed E-state index contributed by atoms with van der Waals surface area (Å²) in [6.45, 7) is 4.58. The van der Waals surface area contributed by atoms with Crippen LogP contribution < -0.4 is 9.62 Å². The molecular formula is C22H24N2O7S. The monoisotopic (exact) mass is 460 g/mol. The van der Waals surface area contributed by atoms with Crippen molar-refractivity contribution in [1.29, 1.82) is 0 Å². The Labute approximate surface area is 185 Å². The quantitative estimate of drug-likeness (QED) is 0.555. The summed E-state index contributed by atoms with van der Waals surface area (Å²) >= 11 is 0. The van der Waals surface area contributed by atoms with E-state index in [9.17, 15) is 23.1 Å². The van der Waals surface area contributed by atoms with Gasteiger partial charge in [-0.05, 0) is 42.7 Å². The summed E-state index contributed by atoms with van der Waals surface area (Å²) in [7, 11) is -4.06. The molecule has 1 atom stereocenters. The predicted octanol–water partition coefficient (Wildman–Crippen LogP) is 2.73. The maximum Gasteiger partial charge on any atom is 0.321 e. The zero-order valence-corrected chi connectivity index (χ0v) is 18.5. The van der Waals surface area contributed by atoms with Crippen molar-refractivity contribution in [2.45, 2.75) is 31.2 Å². The number of ether oxygens (including phenoxy) is 1. The molecule has 0 spiro atoms. The Morgan fingerprint density at radius 1 is 1.16 bits per heavy atom. The van der Waals surface area contributed by atoms with Gasteiger partial charge in [-0.15, -0.1) is 0 Å². The summed E-state index contributed by atoms with van der Waals surface area (Å²) in [6, 6.07) is 8.48. The Bertz CT molecular complexity index is 1300. The molecule has 3 aromatic rings. The number of carboxylic acid groups (broad SMARTS) is 1. The summed E-state index contributed by atoms with van der Waals surface area (Å²) in [5, 5.41) is 10.7. The summed E-state index contributed by atoms with van der Waals surface area (Å²) in [6.07, 6.45) is 0.175. The average molecular weight is 461 g/mol. The molecule has 9 nitrogen and oxygen atoms in total. The van der Waals surface area contributed by atoms with E-state index in [2.05, 4.69) is 4.72 Å². The normalized spacial score (nSPS) is 16.2. The van der Waals surface area contributed by atoms with Crippen LogP contribution in [-0.4, -0.2) is 51.2 Å². The van der Waals surface area contributed by atoms with Gasteiger partial charge >= 0.3 is 5.97 Å². The van der Waals surface area contributed by atoms with Crippen molar-refractivity contribution in [2.75, 3.05) is 24.7 Å². The lowest BCUT2D eigenvalue weighted by molar-refractivity contribution is -0.139. The third kappa shape index (κ3) is 4.34. The van der Waals surface area contributed by atoms with Gasteiger partial charge in [0.2, 0.25) is 10.0 Å². The van der Waals surface area contributed by atoms with E-state index in [0.717, 1.165) is 0 Å². The lowest BCUT2D eigenvalue weighted by Gasteiger charge is -2.26. The van der Waals surface area contributed by atoms with Crippen LogP contribution in [0.5, 0.6) is 0 Å². The fourth-order valence-electron chi connectivity index (χ4n) is 3.80. The number of benzene rings is 2. The van der Waals surface area contributed by atoms with E-state index >= 15 is 0 Å². The zero-order valence-electron chi connectivity index (χ0n) is 17.7. The molecule has 1 aliphatic heterocycles. The zero-order chi connectivity index (χ0) is 23.0. The number of furan rings is 1. The highest BCUT2D eigenvalue weighted by molar-refractivity contribution is 7.89. The van der Waals surface area contributed by atoms with Crippen molar-refractivity contribution in [3.8, 4) is 0 Å². The summed E-state index contributed by atoms with van der Waals surface area (Å²) in [4.78, 5) is 25.2. The maximum atomic E-state index is 12.9. The van der Waals surface area contributed by atoms with Crippen LogP contribution in [0, 0.1) is 5.92 Å². The van der Waals surface area contributed by atoms with E-state index in [1.165, 1.54) is 12.1 Å². The number of aliphatic carboxylic acids is 1. The van der Waals surface area contributed by atoms with Gasteiger partial charge < -0.3 is 19.2 Å². The van der Waals surface area contributed by atoms with E-state index in [1.54, 1.807) is 29.2 Å². The van der Waals surface area contributed by atoms with Crippen LogP contribution in [0.3, 0.4) is 0 Å². The number of carbonyl (C=O) groups excluding carboxylic acids is 1. The van der Waals surface area contributed by atoms with Crippen LogP contribution in [0.1, 0.15) is 20.3 Å². The molecule has 0 radical (unpaired) electrons. The molecule has 2 N–H and O–H groups in total. The van der Waals surface area contributed by atoms with Gasteiger partial charge in [-0.25, -0.2) is 8.42 Å². The molecule has 0 saturated carbocycles. The number of sulfonamides is 1. The molecule has 10 heteroatoms. The molecule has 1 aliphatic rings. The number of rotatable bonds is 7. The first-order chi connectivity index (χ1) is 15.2. The van der Waals surface area contributed by atoms with Crippen molar-refractivity contribution in [3.63, 3.8) is 0 Å². The van der Waals surface area contributed by atoms with Gasteiger partial charge in [0.15, 0.2) is 0 Å². The van der Waals surface area contributed by atoms with E-state index in [-0.39, 0.29) is 29.7 Å². The fraction of sp³-hybridized carbons (Fsp3) is 0.364. The lowest BCUT2D eigenvalue weighted by atomic mass is 10.1. The molecule has 32 heavy (non-hydrogen) atoms. The Kier molecular flexibility index (Phi) is 5.93. The number of nitrogens with zero attached hydrogens (tertiary/aromatic N) is 1. The van der Waals surface area contributed by atoms with Crippen LogP contribution in [-0.2, 0) is 24.3 Å². The predicted molar refractivity (Wildman–Crippen MR) is 118 cm³/mol. The van der Waals surface area contributed by atoms with Gasteiger partial charge in [-0.3, -0.25) is 9.59 Å². The fourth-order valence-corrected chi connectivity index (χ4v) is 5.03. The first-order valence-corrected chi connectivity index (χ1v) is 11.7. The highest BCUT2D eigenvalue weighted by Gasteiger charge is 2.27. The van der Waals surface area contributed by atoms with Gasteiger partial charge in [0.1, 0.15) is 23.8 Å². The minimum atomic E-state index is -4.06. The van der Waals surface area contributed by atoms with Gasteiger partial charge in [0.25, 0.3) is 5.91 Å². The van der Waals surface area contributed by atoms with Crippen LogP contribution in [0.15, 0.2) is 45.7 Å². The van der Waals surface area contributed by atoms with Crippen LogP contribution in [0.25, 0.3) is 21.9 Å². The summed E-state index contributed by atoms with van der Waals surface area (Å²) < 4.78 is 39.1. The van der Waals surface area contributed by atoms with Gasteiger partial charge in [-0.1, -0.05) is 13.8 Å². The molecular weight excluding hydrogens is 436 g/mol. The molecule has 0 aliphatic carbocycles. The van der Waals surface area contributed by atoms with Crippen molar-refractivity contribution in [2.24, 2.45) is 5.92 Å². The third-order valence-electron chi connectivity index (χ3n) is 5.34. The molecule has 1 amide bonds. The number of fused-ring (bicyclic) bond motifs is 3. The van der Waals surface area contributed by atoms with Crippen molar-refractivity contribution < 1.29 is 32.3 Å². The van der Waals surface area contributed by atoms with E-state index in [1.807, 2.05) is 13.8 Å². The molecule has 170 valence electrons. The topological polar surface area (TPSA) is 126 Å². The number of amides is 1. The van der Waals surface area contributed by atoms with Crippen LogP contribution in [0.2, 0.25) is 0 Å². The Balaban J connectivity index is 1.69. The maximum absolute atomic E-state index is 12.9. The van der Waals surface area contributed by atoms with Gasteiger partial charge in [0.05, 0.1) is 11.5 Å². The Morgan fingerprint density at radius 2 is 1.94 bits per heavy atom. The average Bonchev–Trinajstić information content (AvgIpc) is 3.10. The van der Waals surface area contributed by atoms with Gasteiger partial charge in [0, 0.05) is 29.1 Å². The smallest absolute Gasteiger partial charge is 0.321 e. The van der Waals surface area contributed by atoms with Crippen molar-refractivity contribution in [3.05, 3.63) is 36.4 Å². The molecule has 0 bridgehead atoms. The second kappa shape index (κ2) is 8.53. The summed E-state index contributed by atoms with van der Waals surface area (Å²) in [5.74, 6) is -1.35. The third-order valence-corrected chi connectivity index (χ3v) is 6.81. The standard InChI is InChI=1S/C22H24N2O7S/c1-13(2)9-18(22(26)27)23-32(28,29)15-4-6-19-17(11-15)16-5-3-14(10-20(16)31-19)24-7-8-30-12-21(24)25/h3-6,10-11,13,18,23H,7-9,12H2,1-2H3,(H,26,27)/t18-/m0/s1. The molecule has 1 fully saturated rings. The largest absolute Gasteiger partial charge is 0.480 e. The van der Waals surface area contributed by atoms with Crippen LogP contribution >= 0.6 is 0 Å². The molecule has 4 rings (SSSR count). The molecule has 1 saturated heterocycles. The SMILES string of the molecule is CC(C)C[C@H](NS(=O)(=O)c1ccc2oc3cc(N4CCOCC4=O)ccc3c2c1)C(=O)O. The second-order valence-electron chi connectivity index (χ2n) is 8.18. The highest BCUT2D eigenvalue weighted by Crippen LogP contribution is 2.33. The highest BCUT2D eigenvalue weighted by atomic mass is 32.2. The minimum Gasteiger partial charge on any atom is -0.480 e. The Hall–Kier alpha value is -2.95. The molecule has 1 aromatic heterocycles. The van der Waals surface area contributed by atoms with Crippen molar-refractivity contribution in [1.82, 2.24) is 4.72 Å². The molecule has 0 unspecified atom stereocenters. The van der Waals surface area contributed by atoms with E-state index < -0.39 is 22.0 Å². The number of carboxylic acids is 1. The van der Waals surface area contributed by atoms with Crippen LogP contribution in [0.4, 0.5) is 5.69 Å². The van der Waals surface area contributed by atoms with Gasteiger partial charge in [-0.2, -0.15) is 4.72 Å². The number of morpholine rings is 1. The number of anilines is 1. The molecule has 2 heterocycles. The minimum absolute atomic E-state index is 0.00615.